The molecule has 35 heavy (non-hydrogen) atoms. The maximum absolute atomic E-state index is 14.5. The van der Waals surface area contributed by atoms with Crippen LogP contribution in [0, 0.1) is 24.6 Å². The molecule has 178 valence electrons. The second-order valence-electron chi connectivity index (χ2n) is 8.44. The summed E-state index contributed by atoms with van der Waals surface area (Å²) in [6, 6.07) is 10.3. The van der Waals surface area contributed by atoms with Crippen LogP contribution in [-0.4, -0.2) is 45.3 Å². The summed E-state index contributed by atoms with van der Waals surface area (Å²) in [4.78, 5) is 25.3. The topological polar surface area (TPSA) is 84.8 Å². The van der Waals surface area contributed by atoms with Gasteiger partial charge in [-0.05, 0) is 30.5 Å². The fourth-order valence-electron chi connectivity index (χ4n) is 4.35. The van der Waals surface area contributed by atoms with Gasteiger partial charge in [-0.3, -0.25) is 4.79 Å². The number of aromatic nitrogens is 4. The van der Waals surface area contributed by atoms with Crippen LogP contribution >= 0.6 is 0 Å². The quantitative estimate of drug-likeness (QED) is 0.432. The molecule has 0 saturated carbocycles. The van der Waals surface area contributed by atoms with Crippen LogP contribution in [0.4, 0.5) is 8.78 Å². The van der Waals surface area contributed by atoms with E-state index in [-0.39, 0.29) is 36.5 Å². The van der Waals surface area contributed by atoms with E-state index < -0.39 is 23.9 Å². The molecular weight excluding hydrogens is 452 g/mol. The van der Waals surface area contributed by atoms with Crippen molar-refractivity contribution in [1.82, 2.24) is 24.8 Å². The average molecular weight is 475 g/mol. The van der Waals surface area contributed by atoms with Crippen molar-refractivity contribution in [3.63, 3.8) is 0 Å². The Hall–Kier alpha value is -4.03. The fraction of sp³-hybridized carbons (Fsp3) is 0.269. The Labute approximate surface area is 200 Å². The zero-order valence-corrected chi connectivity index (χ0v) is 19.2. The molecule has 0 aliphatic carbocycles. The maximum Gasteiger partial charge on any atom is 0.270 e. The first-order valence-corrected chi connectivity index (χ1v) is 11.2. The molecule has 1 unspecified atom stereocenters. The number of pyridine rings is 1. The number of carbonyl (C=O) groups is 1. The maximum atomic E-state index is 14.5. The Morgan fingerprint density at radius 2 is 2.20 bits per heavy atom. The van der Waals surface area contributed by atoms with Gasteiger partial charge in [0.1, 0.15) is 24.5 Å². The first kappa shape index (κ1) is 22.7. The molecule has 0 spiro atoms. The molecule has 0 saturated heterocycles. The van der Waals surface area contributed by atoms with Gasteiger partial charge >= 0.3 is 0 Å². The van der Waals surface area contributed by atoms with Gasteiger partial charge in [-0.1, -0.05) is 30.0 Å². The minimum absolute atomic E-state index is 0.0194. The molecule has 1 aliphatic heterocycles. The Balaban J connectivity index is 1.53. The zero-order chi connectivity index (χ0) is 24.5. The Bertz CT molecular complexity index is 1450. The molecule has 1 aromatic carbocycles. The van der Waals surface area contributed by atoms with Crippen LogP contribution in [0.3, 0.4) is 0 Å². The number of methoxy groups -OCH3 is 1. The Morgan fingerprint density at radius 3 is 3.00 bits per heavy atom. The van der Waals surface area contributed by atoms with Gasteiger partial charge in [0.2, 0.25) is 0 Å². The third-order valence-electron chi connectivity index (χ3n) is 5.99. The summed E-state index contributed by atoms with van der Waals surface area (Å²) in [5.74, 6) is 4.27. The van der Waals surface area contributed by atoms with Crippen LogP contribution < -0.4 is 5.32 Å². The average Bonchev–Trinajstić information content (AvgIpc) is 3.53. The molecule has 7 nitrogen and oxygen atoms in total. The highest BCUT2D eigenvalue weighted by Crippen LogP contribution is 2.31. The van der Waals surface area contributed by atoms with E-state index in [1.54, 1.807) is 10.9 Å². The van der Waals surface area contributed by atoms with Gasteiger partial charge in [0.15, 0.2) is 5.82 Å². The summed E-state index contributed by atoms with van der Waals surface area (Å²) < 4.78 is 35.3. The number of ether oxygens (including phenoxy) is 1. The largest absolute Gasteiger partial charge is 0.372 e. The number of rotatable bonds is 5. The van der Waals surface area contributed by atoms with E-state index in [9.17, 15) is 13.6 Å². The molecule has 1 amide bonds. The number of benzene rings is 1. The number of halogens is 2. The van der Waals surface area contributed by atoms with E-state index in [2.05, 4.69) is 32.1 Å². The summed E-state index contributed by atoms with van der Waals surface area (Å²) in [6.45, 7) is 1.84. The van der Waals surface area contributed by atoms with Gasteiger partial charge in [0.05, 0.1) is 29.8 Å². The van der Waals surface area contributed by atoms with Crippen molar-refractivity contribution in [2.75, 3.05) is 13.7 Å². The molecule has 9 heteroatoms. The van der Waals surface area contributed by atoms with Crippen molar-refractivity contribution in [1.29, 1.82) is 0 Å². The van der Waals surface area contributed by atoms with Gasteiger partial charge in [-0.2, -0.15) is 0 Å². The number of alkyl halides is 1. The molecule has 4 aromatic rings. The summed E-state index contributed by atoms with van der Waals surface area (Å²) in [6.07, 6.45) is 0.811. The molecule has 4 heterocycles. The zero-order valence-electron chi connectivity index (χ0n) is 19.2. The molecule has 2 N–H and O–H groups in total. The lowest BCUT2D eigenvalue weighted by molar-refractivity contribution is 0.0936. The molecular formula is C26H23F2N5O2. The van der Waals surface area contributed by atoms with Gasteiger partial charge in [0, 0.05) is 30.4 Å². The predicted molar refractivity (Wildman–Crippen MR) is 126 cm³/mol. The number of hydrogen-bond acceptors (Lipinski definition) is 4. The van der Waals surface area contributed by atoms with Gasteiger partial charge in [-0.25, -0.2) is 18.7 Å². The number of fused-ring (bicyclic) bond motifs is 2. The smallest absolute Gasteiger partial charge is 0.270 e. The molecule has 1 aliphatic rings. The molecule has 5 rings (SSSR count). The highest BCUT2D eigenvalue weighted by Gasteiger charge is 2.31. The number of imidazole rings is 1. The van der Waals surface area contributed by atoms with Crippen LogP contribution in [0.15, 0.2) is 42.7 Å². The lowest BCUT2D eigenvalue weighted by Crippen LogP contribution is -2.31. The standard InChI is InChI=1S/C26H23F2N5O2/c1-15-23(28)17(7-5-9-35-2)11-21(30-15)26(34)32-24(20-10-16-6-3-4-8-19(16)31-20)25-22-12-18(27)13-33(22)14-29-25/h3-4,6,8,10-11,14,18,24,31H,9,12-13H2,1-2H3,(H,32,34)/t18-,24?/m1/s1. The van der Waals surface area contributed by atoms with E-state index >= 15 is 0 Å². The van der Waals surface area contributed by atoms with Gasteiger partial charge in [-0.15, -0.1) is 0 Å². The van der Waals surface area contributed by atoms with Crippen molar-refractivity contribution in [2.45, 2.75) is 32.1 Å². The molecule has 0 bridgehead atoms. The molecule has 3 aromatic heterocycles. The highest BCUT2D eigenvalue weighted by atomic mass is 19.1. The second kappa shape index (κ2) is 9.31. The minimum atomic E-state index is -1.000. The van der Waals surface area contributed by atoms with E-state index in [4.69, 9.17) is 4.74 Å². The number of carbonyl (C=O) groups excluding carboxylic acids is 1. The number of amides is 1. The summed E-state index contributed by atoms with van der Waals surface area (Å²) in [7, 11) is 1.49. The summed E-state index contributed by atoms with van der Waals surface area (Å²) in [5, 5.41) is 3.94. The van der Waals surface area contributed by atoms with Crippen molar-refractivity contribution >= 4 is 16.8 Å². The van der Waals surface area contributed by atoms with Crippen molar-refractivity contribution < 1.29 is 18.3 Å². The van der Waals surface area contributed by atoms with Crippen molar-refractivity contribution in [3.8, 4) is 11.8 Å². The Morgan fingerprint density at radius 1 is 1.37 bits per heavy atom. The van der Waals surface area contributed by atoms with E-state index in [1.165, 1.54) is 20.1 Å². The molecule has 0 radical (unpaired) electrons. The van der Waals surface area contributed by atoms with Crippen LogP contribution in [-0.2, 0) is 17.7 Å². The van der Waals surface area contributed by atoms with Crippen LogP contribution in [0.5, 0.6) is 0 Å². The number of nitrogens with one attached hydrogen (secondary N) is 2. The number of para-hydroxylation sites is 1. The van der Waals surface area contributed by atoms with Crippen molar-refractivity contribution in [3.05, 3.63) is 82.6 Å². The van der Waals surface area contributed by atoms with Crippen LogP contribution in [0.25, 0.3) is 10.9 Å². The first-order chi connectivity index (χ1) is 16.9. The van der Waals surface area contributed by atoms with E-state index in [0.29, 0.717) is 11.4 Å². The minimum Gasteiger partial charge on any atom is -0.372 e. The lowest BCUT2D eigenvalue weighted by atomic mass is 10.1. The SMILES string of the molecule is COCC#Cc1cc(C(=O)NC(c2cc3ccccc3[nH]2)c2ncn3c2C[C@@H](F)C3)nc(C)c1F. The number of hydrogen-bond donors (Lipinski definition) is 2. The van der Waals surface area contributed by atoms with Crippen LogP contribution in [0.1, 0.15) is 44.9 Å². The van der Waals surface area contributed by atoms with Gasteiger partial charge < -0.3 is 19.6 Å². The third kappa shape index (κ3) is 4.40. The predicted octanol–water partition coefficient (Wildman–Crippen LogP) is 3.62. The highest BCUT2D eigenvalue weighted by molar-refractivity contribution is 5.93. The number of H-pyrrole nitrogens is 1. The number of aromatic amines is 1. The van der Waals surface area contributed by atoms with E-state index in [0.717, 1.165) is 16.6 Å². The second-order valence-corrected chi connectivity index (χ2v) is 8.44. The lowest BCUT2D eigenvalue weighted by Gasteiger charge is -2.18. The fourth-order valence-corrected chi connectivity index (χ4v) is 4.35. The monoisotopic (exact) mass is 475 g/mol. The molecule has 0 fully saturated rings. The number of aryl methyl sites for hydroxylation is 1. The molecule has 2 atom stereocenters. The number of nitrogens with zero attached hydrogens (tertiary/aromatic N) is 3. The summed E-state index contributed by atoms with van der Waals surface area (Å²) >= 11 is 0. The third-order valence-corrected chi connectivity index (χ3v) is 5.99. The first-order valence-electron chi connectivity index (χ1n) is 11.2. The van der Waals surface area contributed by atoms with Gasteiger partial charge in [0.25, 0.3) is 5.91 Å². The Kier molecular flexibility index (Phi) is 6.05. The van der Waals surface area contributed by atoms with Crippen LogP contribution in [0.2, 0.25) is 0 Å². The normalized spacial score (nSPS) is 15.5. The summed E-state index contributed by atoms with van der Waals surface area (Å²) in [5.41, 5.74) is 3.02. The van der Waals surface area contributed by atoms with E-state index in [1.807, 2.05) is 30.3 Å². The van der Waals surface area contributed by atoms with Crippen molar-refractivity contribution in [2.24, 2.45) is 0 Å².